The van der Waals surface area contributed by atoms with Crippen LogP contribution in [-0.4, -0.2) is 28.7 Å². The molecule has 0 aromatic heterocycles. The molecule has 5 nitrogen and oxygen atoms in total. The smallest absolute Gasteiger partial charge is 0.324 e. The van der Waals surface area contributed by atoms with Crippen LogP contribution < -0.4 is 5.73 Å². The first-order valence-electron chi connectivity index (χ1n) is 5.98. The summed E-state index contributed by atoms with van der Waals surface area (Å²) >= 11 is 0. The molecule has 1 aromatic rings. The summed E-state index contributed by atoms with van der Waals surface area (Å²) in [4.78, 5) is 23.2. The van der Waals surface area contributed by atoms with Crippen molar-refractivity contribution in [1.29, 1.82) is 0 Å². The predicted molar refractivity (Wildman–Crippen MR) is 70.6 cm³/mol. The molecule has 0 aliphatic carbocycles. The van der Waals surface area contributed by atoms with Gasteiger partial charge in [-0.15, -0.1) is 0 Å². The number of ether oxygens (including phenoxy) is 1. The van der Waals surface area contributed by atoms with Crippen LogP contribution in [0.2, 0.25) is 0 Å². The molecule has 0 spiro atoms. The highest BCUT2D eigenvalue weighted by molar-refractivity contribution is 5.87. The summed E-state index contributed by atoms with van der Waals surface area (Å²) in [5.41, 5.74) is 5.53. The van der Waals surface area contributed by atoms with Gasteiger partial charge in [-0.1, -0.05) is 30.3 Å². The standard InChI is InChI=1S/C14H19NO4/c1-14(2,3)19-13(18)11(15)10(12(16)17)9-7-5-4-6-8-9/h4-8,10-11H,15H2,1-3H3,(H,16,17)/t10?,11-/m0/s1. The fourth-order valence-electron chi connectivity index (χ4n) is 1.67. The van der Waals surface area contributed by atoms with Gasteiger partial charge in [0.2, 0.25) is 0 Å². The van der Waals surface area contributed by atoms with E-state index in [2.05, 4.69) is 0 Å². The molecule has 5 heteroatoms. The van der Waals surface area contributed by atoms with E-state index in [0.29, 0.717) is 5.56 Å². The number of rotatable bonds is 4. The Morgan fingerprint density at radius 1 is 1.21 bits per heavy atom. The number of carboxylic acids is 1. The molecule has 3 N–H and O–H groups in total. The first-order chi connectivity index (χ1) is 8.72. The normalized spacial score (nSPS) is 14.5. The van der Waals surface area contributed by atoms with E-state index in [1.165, 1.54) is 0 Å². The highest BCUT2D eigenvalue weighted by Crippen LogP contribution is 2.21. The van der Waals surface area contributed by atoms with Crippen molar-refractivity contribution in [3.8, 4) is 0 Å². The Balaban J connectivity index is 2.95. The third-order valence-corrected chi connectivity index (χ3v) is 2.46. The molecule has 0 aliphatic rings. The fraction of sp³-hybridized carbons (Fsp3) is 0.429. The molecule has 0 saturated carbocycles. The van der Waals surface area contributed by atoms with Crippen LogP contribution in [0.1, 0.15) is 32.3 Å². The van der Waals surface area contributed by atoms with Crippen molar-refractivity contribution in [1.82, 2.24) is 0 Å². The summed E-state index contributed by atoms with van der Waals surface area (Å²) in [5, 5.41) is 9.26. The van der Waals surface area contributed by atoms with Crippen molar-refractivity contribution in [2.45, 2.75) is 38.3 Å². The second kappa shape index (κ2) is 5.84. The van der Waals surface area contributed by atoms with Crippen molar-refractivity contribution in [2.24, 2.45) is 5.73 Å². The predicted octanol–water partition coefficient (Wildman–Crippen LogP) is 1.52. The van der Waals surface area contributed by atoms with Gasteiger partial charge < -0.3 is 15.6 Å². The lowest BCUT2D eigenvalue weighted by Gasteiger charge is -2.25. The average Bonchev–Trinajstić information content (AvgIpc) is 2.27. The number of benzene rings is 1. The van der Waals surface area contributed by atoms with Gasteiger partial charge in [-0.25, -0.2) is 0 Å². The molecule has 104 valence electrons. The summed E-state index contributed by atoms with van der Waals surface area (Å²) in [6.45, 7) is 5.11. The number of hydrogen-bond acceptors (Lipinski definition) is 4. The Hall–Kier alpha value is -1.88. The second-order valence-corrected chi connectivity index (χ2v) is 5.29. The van der Waals surface area contributed by atoms with Crippen LogP contribution in [0.3, 0.4) is 0 Å². The van der Waals surface area contributed by atoms with Gasteiger partial charge in [0.15, 0.2) is 0 Å². The van der Waals surface area contributed by atoms with Gasteiger partial charge in [0, 0.05) is 0 Å². The third kappa shape index (κ3) is 4.37. The maximum atomic E-state index is 11.9. The van der Waals surface area contributed by atoms with Gasteiger partial charge >= 0.3 is 11.9 Å². The van der Waals surface area contributed by atoms with Crippen LogP contribution in [0.4, 0.5) is 0 Å². The van der Waals surface area contributed by atoms with Crippen LogP contribution in [-0.2, 0) is 14.3 Å². The summed E-state index contributed by atoms with van der Waals surface area (Å²) in [6, 6.07) is 7.19. The SMILES string of the molecule is CC(C)(C)OC(=O)[C@@H](N)C(C(=O)O)c1ccccc1. The number of hydrogen-bond donors (Lipinski definition) is 2. The van der Waals surface area contributed by atoms with Crippen molar-refractivity contribution in [3.63, 3.8) is 0 Å². The fourth-order valence-corrected chi connectivity index (χ4v) is 1.67. The van der Waals surface area contributed by atoms with Gasteiger partial charge in [-0.05, 0) is 26.3 Å². The number of carbonyl (C=O) groups is 2. The van der Waals surface area contributed by atoms with E-state index < -0.39 is 29.5 Å². The van der Waals surface area contributed by atoms with Crippen LogP contribution >= 0.6 is 0 Å². The van der Waals surface area contributed by atoms with E-state index >= 15 is 0 Å². The molecule has 0 amide bonds. The molecule has 0 radical (unpaired) electrons. The molecule has 1 unspecified atom stereocenters. The van der Waals surface area contributed by atoms with Gasteiger partial charge in [-0.3, -0.25) is 9.59 Å². The minimum absolute atomic E-state index is 0.480. The van der Waals surface area contributed by atoms with Gasteiger partial charge in [0.25, 0.3) is 0 Å². The monoisotopic (exact) mass is 265 g/mol. The first-order valence-corrected chi connectivity index (χ1v) is 5.98. The molecule has 1 rings (SSSR count). The number of nitrogens with two attached hydrogens (primary N) is 1. The Morgan fingerprint density at radius 2 is 1.74 bits per heavy atom. The van der Waals surface area contributed by atoms with Crippen LogP contribution in [0.15, 0.2) is 30.3 Å². The lowest BCUT2D eigenvalue weighted by molar-refractivity contribution is -0.160. The Kier molecular flexibility index (Phi) is 4.67. The van der Waals surface area contributed by atoms with Crippen LogP contribution in [0.5, 0.6) is 0 Å². The Labute approximate surface area is 112 Å². The van der Waals surface area contributed by atoms with Gasteiger partial charge in [0.1, 0.15) is 17.6 Å². The molecule has 0 bridgehead atoms. The number of aliphatic carboxylic acids is 1. The molecule has 0 aliphatic heterocycles. The number of carboxylic acid groups (broad SMARTS) is 1. The average molecular weight is 265 g/mol. The quantitative estimate of drug-likeness (QED) is 0.806. The minimum atomic E-state index is -1.24. The van der Waals surface area contributed by atoms with Crippen molar-refractivity contribution in [3.05, 3.63) is 35.9 Å². The summed E-state index contributed by atoms with van der Waals surface area (Å²) in [7, 11) is 0. The molecule has 19 heavy (non-hydrogen) atoms. The van der Waals surface area contributed by atoms with Crippen molar-refractivity contribution < 1.29 is 19.4 Å². The molecule has 2 atom stereocenters. The largest absolute Gasteiger partial charge is 0.481 e. The zero-order valence-corrected chi connectivity index (χ0v) is 11.3. The highest BCUT2D eigenvalue weighted by atomic mass is 16.6. The molecular formula is C14H19NO4. The Bertz CT molecular complexity index is 450. The van der Waals surface area contributed by atoms with E-state index in [9.17, 15) is 14.7 Å². The molecule has 1 aromatic carbocycles. The topological polar surface area (TPSA) is 89.6 Å². The highest BCUT2D eigenvalue weighted by Gasteiger charge is 2.34. The minimum Gasteiger partial charge on any atom is -0.481 e. The maximum Gasteiger partial charge on any atom is 0.324 e. The van der Waals surface area contributed by atoms with E-state index in [0.717, 1.165) is 0 Å². The Morgan fingerprint density at radius 3 is 2.16 bits per heavy atom. The van der Waals surface area contributed by atoms with Gasteiger partial charge in [0.05, 0.1) is 0 Å². The lowest BCUT2D eigenvalue weighted by Crippen LogP contribution is -2.44. The molecule has 0 heterocycles. The van der Waals surface area contributed by atoms with Crippen molar-refractivity contribution in [2.75, 3.05) is 0 Å². The second-order valence-electron chi connectivity index (χ2n) is 5.29. The van der Waals surface area contributed by atoms with Gasteiger partial charge in [-0.2, -0.15) is 0 Å². The number of carbonyl (C=O) groups excluding carboxylic acids is 1. The summed E-state index contributed by atoms with van der Waals surface area (Å²) in [6.07, 6.45) is 0. The van der Waals surface area contributed by atoms with E-state index in [4.69, 9.17) is 10.5 Å². The molecule has 0 fully saturated rings. The third-order valence-electron chi connectivity index (χ3n) is 2.46. The maximum absolute atomic E-state index is 11.9. The van der Waals surface area contributed by atoms with Crippen molar-refractivity contribution >= 4 is 11.9 Å². The lowest BCUT2D eigenvalue weighted by atomic mass is 9.92. The number of esters is 1. The van der Waals surface area contributed by atoms with Crippen LogP contribution in [0.25, 0.3) is 0 Å². The molecule has 0 saturated heterocycles. The van der Waals surface area contributed by atoms with E-state index in [-0.39, 0.29) is 0 Å². The van der Waals surface area contributed by atoms with E-state index in [1.54, 1.807) is 51.1 Å². The summed E-state index contributed by atoms with van der Waals surface area (Å²) < 4.78 is 5.12. The summed E-state index contributed by atoms with van der Waals surface area (Å²) in [5.74, 6) is -2.98. The van der Waals surface area contributed by atoms with E-state index in [1.807, 2.05) is 0 Å². The van der Waals surface area contributed by atoms with Crippen LogP contribution in [0, 0.1) is 0 Å². The molecular weight excluding hydrogens is 246 g/mol. The zero-order chi connectivity index (χ0) is 14.6. The first kappa shape index (κ1) is 15.2. The zero-order valence-electron chi connectivity index (χ0n) is 11.3.